The lowest BCUT2D eigenvalue weighted by Crippen LogP contribution is -1.97. The second-order valence-electron chi connectivity index (χ2n) is 5.02. The monoisotopic (exact) mass is 244 g/mol. The smallest absolute Gasteiger partial charge is 0.0283 e. The van der Waals surface area contributed by atoms with Crippen molar-refractivity contribution in [1.29, 1.82) is 0 Å². The first kappa shape index (κ1) is 15.0. The van der Waals surface area contributed by atoms with Crippen LogP contribution in [0.3, 0.4) is 0 Å². The molecule has 0 amide bonds. The van der Waals surface area contributed by atoms with Crippen molar-refractivity contribution in [2.45, 2.75) is 65.2 Å². The van der Waals surface area contributed by atoms with Crippen LogP contribution in [0.25, 0.3) is 0 Å². The molecule has 0 aromatic rings. The second kappa shape index (κ2) is 9.94. The predicted octanol–water partition coefficient (Wildman–Crippen LogP) is 6.13. The Morgan fingerprint density at radius 3 is 1.39 bits per heavy atom. The van der Waals surface area contributed by atoms with Gasteiger partial charge in [-0.1, -0.05) is 47.6 Å². The molecule has 0 unspecified atom stereocenters. The number of unbranched alkanes of at least 4 members (excludes halogenated alkanes) is 2. The van der Waals surface area contributed by atoms with Gasteiger partial charge in [-0.2, -0.15) is 0 Å². The highest BCUT2D eigenvalue weighted by Crippen LogP contribution is 2.28. The van der Waals surface area contributed by atoms with Crippen molar-refractivity contribution in [3.63, 3.8) is 0 Å². The van der Waals surface area contributed by atoms with Gasteiger partial charge >= 0.3 is 0 Å². The highest BCUT2D eigenvalue weighted by atomic mass is 14.1. The van der Waals surface area contributed by atoms with E-state index in [9.17, 15) is 0 Å². The van der Waals surface area contributed by atoms with E-state index in [1.807, 2.05) is 0 Å². The highest BCUT2D eigenvalue weighted by Gasteiger charge is 2.08. The van der Waals surface area contributed by atoms with Gasteiger partial charge in [-0.15, -0.1) is 0 Å². The minimum atomic E-state index is 1.20. The fourth-order valence-corrected chi connectivity index (χ4v) is 2.40. The van der Waals surface area contributed by atoms with Gasteiger partial charge in [-0.05, 0) is 65.2 Å². The Morgan fingerprint density at radius 1 is 0.667 bits per heavy atom. The van der Waals surface area contributed by atoms with Crippen molar-refractivity contribution >= 4 is 0 Å². The van der Waals surface area contributed by atoms with Gasteiger partial charge in [0.15, 0.2) is 0 Å². The summed E-state index contributed by atoms with van der Waals surface area (Å²) >= 11 is 0. The van der Waals surface area contributed by atoms with Gasteiger partial charge in [0, 0.05) is 0 Å². The van der Waals surface area contributed by atoms with E-state index in [1.54, 1.807) is 11.1 Å². The second-order valence-corrected chi connectivity index (χ2v) is 5.02. The average molecular weight is 244 g/mol. The summed E-state index contributed by atoms with van der Waals surface area (Å²) in [5.41, 5.74) is 3.37. The lowest BCUT2D eigenvalue weighted by Gasteiger charge is -2.17. The molecule has 0 spiro atoms. The van der Waals surface area contributed by atoms with Gasteiger partial charge in [0.05, 0.1) is 0 Å². The van der Waals surface area contributed by atoms with Gasteiger partial charge in [0.2, 0.25) is 0 Å². The van der Waals surface area contributed by atoms with Gasteiger partial charge in [0.25, 0.3) is 0 Å². The first-order chi connectivity index (χ1) is 8.86. The van der Waals surface area contributed by atoms with E-state index in [0.29, 0.717) is 0 Å². The van der Waals surface area contributed by atoms with Crippen LogP contribution < -0.4 is 0 Å². The zero-order chi connectivity index (χ0) is 13.1. The van der Waals surface area contributed by atoms with Gasteiger partial charge in [-0.25, -0.2) is 0 Å². The first-order valence-electron chi connectivity index (χ1n) is 7.45. The van der Waals surface area contributed by atoms with E-state index in [-0.39, 0.29) is 0 Å². The van der Waals surface area contributed by atoms with Crippen molar-refractivity contribution < 1.29 is 0 Å². The Labute approximate surface area is 113 Å². The fourth-order valence-electron chi connectivity index (χ4n) is 2.40. The van der Waals surface area contributed by atoms with Crippen LogP contribution in [-0.4, -0.2) is 0 Å². The SMILES string of the molecule is CC=CCCC=C1CCC(=CCCC=CC)CC1. The maximum absolute atomic E-state index is 2.47. The molecule has 0 aliphatic heterocycles. The van der Waals surface area contributed by atoms with E-state index < -0.39 is 0 Å². The summed E-state index contributed by atoms with van der Waals surface area (Å²) < 4.78 is 0. The van der Waals surface area contributed by atoms with Gasteiger partial charge in [0.1, 0.15) is 0 Å². The average Bonchev–Trinajstić information content (AvgIpc) is 2.41. The van der Waals surface area contributed by atoms with E-state index in [4.69, 9.17) is 0 Å². The van der Waals surface area contributed by atoms with E-state index in [1.165, 1.54) is 51.4 Å². The highest BCUT2D eigenvalue weighted by molar-refractivity contribution is 5.16. The molecule has 18 heavy (non-hydrogen) atoms. The normalized spacial score (nSPS) is 16.8. The maximum atomic E-state index is 2.47. The predicted molar refractivity (Wildman–Crippen MR) is 82.7 cm³/mol. The lowest BCUT2D eigenvalue weighted by atomic mass is 9.89. The maximum Gasteiger partial charge on any atom is -0.0283 e. The molecule has 0 atom stereocenters. The molecular formula is C18H28. The Morgan fingerprint density at radius 2 is 1.06 bits per heavy atom. The topological polar surface area (TPSA) is 0 Å². The van der Waals surface area contributed by atoms with E-state index >= 15 is 0 Å². The zero-order valence-electron chi connectivity index (χ0n) is 12.1. The van der Waals surface area contributed by atoms with Gasteiger partial charge in [-0.3, -0.25) is 0 Å². The number of hydrogen-bond donors (Lipinski definition) is 0. The minimum Gasteiger partial charge on any atom is -0.0917 e. The van der Waals surface area contributed by atoms with Crippen LogP contribution in [0.2, 0.25) is 0 Å². The standard InChI is InChI=1S/C18H28/c1-3-5-7-9-11-17-13-15-18(16-14-17)12-10-8-6-4-2/h3-6,11-12H,7-10,13-16H2,1-2H3. The van der Waals surface area contributed by atoms with Crippen LogP contribution in [0.5, 0.6) is 0 Å². The van der Waals surface area contributed by atoms with Crippen molar-refractivity contribution in [2.24, 2.45) is 0 Å². The number of hydrogen-bond acceptors (Lipinski definition) is 0. The molecule has 1 saturated carbocycles. The molecule has 1 aliphatic rings. The van der Waals surface area contributed by atoms with E-state index in [2.05, 4.69) is 50.3 Å². The minimum absolute atomic E-state index is 1.20. The third-order valence-corrected chi connectivity index (χ3v) is 3.54. The summed E-state index contributed by atoms with van der Waals surface area (Å²) in [7, 11) is 0. The molecule has 0 heterocycles. The Bertz CT molecular complexity index is 280. The lowest BCUT2D eigenvalue weighted by molar-refractivity contribution is 0.714. The Balaban J connectivity index is 2.23. The van der Waals surface area contributed by atoms with Crippen LogP contribution >= 0.6 is 0 Å². The van der Waals surface area contributed by atoms with Crippen LogP contribution in [0.4, 0.5) is 0 Å². The zero-order valence-corrected chi connectivity index (χ0v) is 12.1. The van der Waals surface area contributed by atoms with E-state index in [0.717, 1.165) is 0 Å². The Kier molecular flexibility index (Phi) is 8.29. The molecule has 1 aliphatic carbocycles. The van der Waals surface area contributed by atoms with Crippen molar-refractivity contribution in [3.05, 3.63) is 47.6 Å². The van der Waals surface area contributed by atoms with Crippen molar-refractivity contribution in [3.8, 4) is 0 Å². The molecule has 0 aromatic carbocycles. The third-order valence-electron chi connectivity index (χ3n) is 3.54. The molecular weight excluding hydrogens is 216 g/mol. The summed E-state index contributed by atoms with van der Waals surface area (Å²) in [6.07, 6.45) is 23.8. The summed E-state index contributed by atoms with van der Waals surface area (Å²) in [4.78, 5) is 0. The molecule has 0 radical (unpaired) electrons. The summed E-state index contributed by atoms with van der Waals surface area (Å²) in [6.45, 7) is 4.19. The molecule has 0 bridgehead atoms. The Hall–Kier alpha value is -1.04. The van der Waals surface area contributed by atoms with Crippen LogP contribution in [0.1, 0.15) is 65.2 Å². The summed E-state index contributed by atoms with van der Waals surface area (Å²) in [5, 5.41) is 0. The molecule has 100 valence electrons. The van der Waals surface area contributed by atoms with Crippen LogP contribution in [-0.2, 0) is 0 Å². The molecule has 0 N–H and O–H groups in total. The van der Waals surface area contributed by atoms with Crippen LogP contribution in [0.15, 0.2) is 47.6 Å². The summed E-state index contributed by atoms with van der Waals surface area (Å²) in [6, 6.07) is 0. The number of allylic oxidation sites excluding steroid dienone is 8. The van der Waals surface area contributed by atoms with Crippen LogP contribution in [0, 0.1) is 0 Å². The summed E-state index contributed by atoms with van der Waals surface area (Å²) in [5.74, 6) is 0. The third kappa shape index (κ3) is 6.64. The van der Waals surface area contributed by atoms with Gasteiger partial charge < -0.3 is 0 Å². The molecule has 0 heteroatoms. The quantitative estimate of drug-likeness (QED) is 0.389. The molecule has 0 nitrogen and oxygen atoms in total. The molecule has 1 fully saturated rings. The molecule has 0 saturated heterocycles. The molecule has 0 aromatic heterocycles. The number of rotatable bonds is 6. The van der Waals surface area contributed by atoms with Crippen molar-refractivity contribution in [1.82, 2.24) is 0 Å². The first-order valence-corrected chi connectivity index (χ1v) is 7.45. The largest absolute Gasteiger partial charge is 0.0917 e. The molecule has 1 rings (SSSR count). The van der Waals surface area contributed by atoms with Crippen molar-refractivity contribution in [2.75, 3.05) is 0 Å². The fraction of sp³-hybridized carbons (Fsp3) is 0.556.